The Hall–Kier alpha value is -3.31. The zero-order valence-electron chi connectivity index (χ0n) is 13.4. The van der Waals surface area contributed by atoms with Crippen LogP contribution in [-0.4, -0.2) is 15.4 Å². The Morgan fingerprint density at radius 3 is 2.69 bits per heavy atom. The zero-order chi connectivity index (χ0) is 18.7. The number of nitro groups is 1. The van der Waals surface area contributed by atoms with Crippen LogP contribution in [-0.2, 0) is 17.8 Å². The third-order valence-corrected chi connectivity index (χ3v) is 4.67. The molecule has 0 aliphatic carbocycles. The summed E-state index contributed by atoms with van der Waals surface area (Å²) in [6.07, 6.45) is 5.33. The number of terminal acetylenes is 1. The Labute approximate surface area is 151 Å². The van der Waals surface area contributed by atoms with Gasteiger partial charge < -0.3 is 4.57 Å². The number of nitro benzene ring substituents is 1. The average molecular weight is 369 g/mol. The number of fused-ring (bicyclic) bond motifs is 1. The lowest BCUT2D eigenvalue weighted by Gasteiger charge is -2.01. The number of carbonyl (C=O) groups is 1. The number of amides is 1. The Bertz CT molecular complexity index is 1110. The minimum Gasteiger partial charge on any atom is -0.302 e. The standard InChI is InChI=1S/C18H12FN3O3S/c1-2-10-21-17-14(19)4-3-5-15(17)26-18(21)20-16(23)11-12-6-8-13(9-7-12)22(24)25/h1,3-9H,10-11H2. The average Bonchev–Trinajstić information content (AvgIpc) is 2.94. The number of hydrogen-bond acceptors (Lipinski definition) is 4. The molecule has 6 nitrogen and oxygen atoms in total. The van der Waals surface area contributed by atoms with Crippen molar-refractivity contribution < 1.29 is 14.1 Å². The third-order valence-electron chi connectivity index (χ3n) is 3.62. The summed E-state index contributed by atoms with van der Waals surface area (Å²) in [5, 5.41) is 10.7. The van der Waals surface area contributed by atoms with Crippen molar-refractivity contribution in [1.29, 1.82) is 0 Å². The van der Waals surface area contributed by atoms with Crippen molar-refractivity contribution in [3.63, 3.8) is 0 Å². The van der Waals surface area contributed by atoms with Crippen LogP contribution in [0, 0.1) is 28.3 Å². The van der Waals surface area contributed by atoms with E-state index in [0.29, 0.717) is 20.6 Å². The van der Waals surface area contributed by atoms with Crippen LogP contribution in [0.25, 0.3) is 10.2 Å². The van der Waals surface area contributed by atoms with Gasteiger partial charge in [0.2, 0.25) is 0 Å². The molecule has 1 amide bonds. The summed E-state index contributed by atoms with van der Waals surface area (Å²) in [6.45, 7) is 0.0879. The lowest BCUT2D eigenvalue weighted by Crippen LogP contribution is -2.17. The molecule has 0 atom stereocenters. The summed E-state index contributed by atoms with van der Waals surface area (Å²) in [5.74, 6) is 1.56. The van der Waals surface area contributed by atoms with Crippen LogP contribution in [0.5, 0.6) is 0 Å². The second-order valence-corrected chi connectivity index (χ2v) is 6.38. The van der Waals surface area contributed by atoms with Crippen LogP contribution in [0.3, 0.4) is 0 Å². The van der Waals surface area contributed by atoms with E-state index in [-0.39, 0.29) is 18.7 Å². The molecule has 130 valence electrons. The van der Waals surface area contributed by atoms with E-state index < -0.39 is 16.6 Å². The van der Waals surface area contributed by atoms with Gasteiger partial charge >= 0.3 is 0 Å². The molecule has 0 aliphatic heterocycles. The highest BCUT2D eigenvalue weighted by atomic mass is 32.1. The molecular weight excluding hydrogens is 357 g/mol. The Kier molecular flexibility index (Phi) is 4.91. The predicted octanol–water partition coefficient (Wildman–Crippen LogP) is 3.05. The van der Waals surface area contributed by atoms with Crippen molar-refractivity contribution in [2.75, 3.05) is 0 Å². The van der Waals surface area contributed by atoms with E-state index in [1.807, 2.05) is 0 Å². The van der Waals surface area contributed by atoms with Crippen molar-refractivity contribution in [1.82, 2.24) is 4.57 Å². The first-order chi connectivity index (χ1) is 12.5. The van der Waals surface area contributed by atoms with Gasteiger partial charge in [-0.05, 0) is 17.7 Å². The normalized spacial score (nSPS) is 11.5. The number of aromatic nitrogens is 1. The van der Waals surface area contributed by atoms with E-state index >= 15 is 0 Å². The number of carbonyl (C=O) groups excluding carboxylic acids is 1. The van der Waals surface area contributed by atoms with E-state index in [1.165, 1.54) is 46.2 Å². The Balaban J connectivity index is 1.95. The Morgan fingerprint density at radius 2 is 2.04 bits per heavy atom. The molecule has 0 spiro atoms. The number of benzene rings is 2. The number of nitrogens with zero attached hydrogens (tertiary/aromatic N) is 3. The van der Waals surface area contributed by atoms with Gasteiger partial charge in [-0.15, -0.1) is 6.42 Å². The summed E-state index contributed by atoms with van der Waals surface area (Å²) < 4.78 is 16.2. The third kappa shape index (κ3) is 3.53. The molecule has 8 heteroatoms. The first-order valence-electron chi connectivity index (χ1n) is 7.52. The fourth-order valence-corrected chi connectivity index (χ4v) is 3.53. The Morgan fingerprint density at radius 1 is 1.31 bits per heavy atom. The van der Waals surface area contributed by atoms with Gasteiger partial charge in [-0.1, -0.05) is 35.5 Å². The molecule has 1 aromatic heterocycles. The highest BCUT2D eigenvalue weighted by molar-refractivity contribution is 7.16. The maximum absolute atomic E-state index is 14.1. The molecule has 1 heterocycles. The smallest absolute Gasteiger partial charge is 0.269 e. The van der Waals surface area contributed by atoms with Crippen LogP contribution in [0.2, 0.25) is 0 Å². The second-order valence-electron chi connectivity index (χ2n) is 5.37. The van der Waals surface area contributed by atoms with Gasteiger partial charge in [0, 0.05) is 12.1 Å². The quantitative estimate of drug-likeness (QED) is 0.403. The minimum absolute atomic E-state index is 0.0230. The summed E-state index contributed by atoms with van der Waals surface area (Å²) in [6, 6.07) is 10.3. The number of thiazole rings is 1. The van der Waals surface area contributed by atoms with Crippen molar-refractivity contribution in [3.05, 3.63) is 68.8 Å². The van der Waals surface area contributed by atoms with Gasteiger partial charge in [0.25, 0.3) is 11.6 Å². The first kappa shape index (κ1) is 17.5. The molecule has 2 aromatic carbocycles. The van der Waals surface area contributed by atoms with Crippen molar-refractivity contribution in [2.24, 2.45) is 4.99 Å². The van der Waals surface area contributed by atoms with E-state index in [2.05, 4.69) is 10.9 Å². The van der Waals surface area contributed by atoms with Crippen molar-refractivity contribution in [2.45, 2.75) is 13.0 Å². The molecule has 0 radical (unpaired) electrons. The van der Waals surface area contributed by atoms with Crippen molar-refractivity contribution in [3.8, 4) is 12.3 Å². The molecule has 3 rings (SSSR count). The van der Waals surface area contributed by atoms with Crippen LogP contribution >= 0.6 is 11.3 Å². The van der Waals surface area contributed by atoms with Gasteiger partial charge in [-0.2, -0.15) is 4.99 Å². The molecule has 0 saturated carbocycles. The molecule has 0 aliphatic rings. The van der Waals surface area contributed by atoms with Crippen molar-refractivity contribution >= 4 is 33.1 Å². The number of rotatable bonds is 4. The first-order valence-corrected chi connectivity index (χ1v) is 8.33. The molecule has 0 unspecified atom stereocenters. The van der Waals surface area contributed by atoms with Gasteiger partial charge in [0.1, 0.15) is 5.82 Å². The lowest BCUT2D eigenvalue weighted by atomic mass is 10.1. The molecule has 26 heavy (non-hydrogen) atoms. The molecule has 0 bridgehead atoms. The second kappa shape index (κ2) is 7.29. The van der Waals surface area contributed by atoms with E-state index in [1.54, 1.807) is 12.1 Å². The van der Waals surface area contributed by atoms with Crippen LogP contribution in [0.4, 0.5) is 10.1 Å². The summed E-state index contributed by atoms with van der Waals surface area (Å²) in [4.78, 5) is 26.8. The van der Waals surface area contributed by atoms with E-state index in [4.69, 9.17) is 6.42 Å². The number of non-ortho nitro benzene ring substituents is 1. The molecular formula is C18H12FN3O3S. The fourth-order valence-electron chi connectivity index (χ4n) is 2.47. The van der Waals surface area contributed by atoms with Crippen LogP contribution in [0.15, 0.2) is 47.5 Å². The maximum Gasteiger partial charge on any atom is 0.269 e. The summed E-state index contributed by atoms with van der Waals surface area (Å²) >= 11 is 1.17. The van der Waals surface area contributed by atoms with Crippen LogP contribution in [0.1, 0.15) is 5.56 Å². The summed E-state index contributed by atoms with van der Waals surface area (Å²) in [7, 11) is 0. The largest absolute Gasteiger partial charge is 0.302 e. The number of halogens is 1. The fraction of sp³-hybridized carbons (Fsp3) is 0.111. The highest BCUT2D eigenvalue weighted by Gasteiger charge is 2.12. The van der Waals surface area contributed by atoms with Gasteiger partial charge in [-0.25, -0.2) is 4.39 Å². The molecule has 0 fully saturated rings. The SMILES string of the molecule is C#CCn1c(=NC(=O)Cc2ccc([N+](=O)[O-])cc2)sc2cccc(F)c21. The molecule has 0 saturated heterocycles. The van der Waals surface area contributed by atoms with E-state index in [9.17, 15) is 19.3 Å². The molecule has 3 aromatic rings. The monoisotopic (exact) mass is 369 g/mol. The van der Waals surface area contributed by atoms with Gasteiger partial charge in [0.05, 0.1) is 28.1 Å². The molecule has 0 N–H and O–H groups in total. The zero-order valence-corrected chi connectivity index (χ0v) is 14.2. The minimum atomic E-state index is -0.509. The topological polar surface area (TPSA) is 77.5 Å². The summed E-state index contributed by atoms with van der Waals surface area (Å²) in [5.41, 5.74) is 0.863. The number of para-hydroxylation sites is 1. The van der Waals surface area contributed by atoms with Gasteiger partial charge in [0.15, 0.2) is 4.80 Å². The highest BCUT2D eigenvalue weighted by Crippen LogP contribution is 2.20. The van der Waals surface area contributed by atoms with Gasteiger partial charge in [-0.3, -0.25) is 14.9 Å². The lowest BCUT2D eigenvalue weighted by molar-refractivity contribution is -0.384. The predicted molar refractivity (Wildman–Crippen MR) is 96.0 cm³/mol. The van der Waals surface area contributed by atoms with E-state index in [0.717, 1.165) is 0 Å². The maximum atomic E-state index is 14.1. The number of hydrogen-bond donors (Lipinski definition) is 0. The van der Waals surface area contributed by atoms with Crippen LogP contribution < -0.4 is 4.80 Å².